The van der Waals surface area contributed by atoms with Crippen molar-refractivity contribution >= 4 is 17.6 Å². The van der Waals surface area contributed by atoms with E-state index in [1.54, 1.807) is 19.1 Å². The minimum atomic E-state index is -1.18. The number of ether oxygens (including phenoxy) is 3. The van der Waals surface area contributed by atoms with Crippen LogP contribution in [0.1, 0.15) is 30.0 Å². The highest BCUT2D eigenvalue weighted by atomic mass is 16.6. The summed E-state index contributed by atoms with van der Waals surface area (Å²) in [6, 6.07) is 5.58. The molecule has 0 fully saturated rings. The Morgan fingerprint density at radius 2 is 2.07 bits per heavy atom. The second-order valence-corrected chi connectivity index (χ2v) is 5.56. The lowest BCUT2D eigenvalue weighted by molar-refractivity contribution is -0.385. The highest BCUT2D eigenvalue weighted by Crippen LogP contribution is 2.35. The molecule has 1 amide bonds. The Morgan fingerprint density at radius 3 is 2.64 bits per heavy atom. The molecule has 0 spiro atoms. The van der Waals surface area contributed by atoms with Crippen molar-refractivity contribution in [1.29, 1.82) is 0 Å². The number of rotatable bonds is 9. The third kappa shape index (κ3) is 5.00. The highest BCUT2D eigenvalue weighted by molar-refractivity contribution is 5.96. The average molecular weight is 392 g/mol. The van der Waals surface area contributed by atoms with E-state index in [-0.39, 0.29) is 30.2 Å². The van der Waals surface area contributed by atoms with Crippen molar-refractivity contribution in [1.82, 2.24) is 5.32 Å². The van der Waals surface area contributed by atoms with Crippen LogP contribution in [0.25, 0.3) is 0 Å². The third-order valence-electron chi connectivity index (χ3n) is 3.67. The Labute approximate surface area is 160 Å². The molecule has 28 heavy (non-hydrogen) atoms. The van der Waals surface area contributed by atoms with E-state index in [9.17, 15) is 19.7 Å². The normalized spacial score (nSPS) is 11.4. The van der Waals surface area contributed by atoms with Crippen molar-refractivity contribution in [2.24, 2.45) is 0 Å². The van der Waals surface area contributed by atoms with E-state index in [0.29, 0.717) is 5.76 Å². The van der Waals surface area contributed by atoms with Gasteiger partial charge in [-0.25, -0.2) is 4.79 Å². The summed E-state index contributed by atoms with van der Waals surface area (Å²) in [5.74, 6) is -0.829. The van der Waals surface area contributed by atoms with Gasteiger partial charge in [0.25, 0.3) is 11.6 Å². The smallest absolute Gasteiger partial charge is 0.346 e. The SMILES string of the molecule is CCOc1cc([N+](=O)[O-])c(C(=O)O[C@H](C)C(=O)NCc2ccco2)cc1OC. The first kappa shape index (κ1) is 20.7. The number of nitrogens with zero attached hydrogens (tertiary/aromatic N) is 1. The van der Waals surface area contributed by atoms with E-state index in [0.717, 1.165) is 12.1 Å². The van der Waals surface area contributed by atoms with Crippen molar-refractivity contribution < 1.29 is 33.1 Å². The second-order valence-electron chi connectivity index (χ2n) is 5.56. The number of nitro benzene ring substituents is 1. The van der Waals surface area contributed by atoms with Crippen LogP contribution < -0.4 is 14.8 Å². The Balaban J connectivity index is 2.15. The summed E-state index contributed by atoms with van der Waals surface area (Å²) in [4.78, 5) is 35.1. The maximum atomic E-state index is 12.4. The Hall–Kier alpha value is -3.56. The molecule has 1 aromatic heterocycles. The van der Waals surface area contributed by atoms with Crippen molar-refractivity contribution in [3.05, 3.63) is 52.0 Å². The molecule has 0 radical (unpaired) electrons. The molecule has 0 saturated heterocycles. The van der Waals surface area contributed by atoms with E-state index in [1.165, 1.54) is 20.3 Å². The van der Waals surface area contributed by atoms with Crippen molar-refractivity contribution in [2.75, 3.05) is 13.7 Å². The van der Waals surface area contributed by atoms with Crippen LogP contribution in [0.15, 0.2) is 34.9 Å². The van der Waals surface area contributed by atoms with Gasteiger partial charge in [-0.2, -0.15) is 0 Å². The molecule has 2 rings (SSSR count). The number of esters is 1. The number of amides is 1. The average Bonchev–Trinajstić information content (AvgIpc) is 3.19. The molecule has 0 aliphatic heterocycles. The van der Waals surface area contributed by atoms with Gasteiger partial charge in [-0.15, -0.1) is 0 Å². The summed E-state index contributed by atoms with van der Waals surface area (Å²) in [5.41, 5.74) is -0.867. The zero-order valence-corrected chi connectivity index (χ0v) is 15.6. The van der Waals surface area contributed by atoms with Gasteiger partial charge >= 0.3 is 5.97 Å². The van der Waals surface area contributed by atoms with Gasteiger partial charge in [0.1, 0.15) is 11.3 Å². The van der Waals surface area contributed by atoms with Gasteiger partial charge in [0, 0.05) is 6.07 Å². The summed E-state index contributed by atoms with van der Waals surface area (Å²) >= 11 is 0. The van der Waals surface area contributed by atoms with E-state index in [2.05, 4.69) is 5.32 Å². The maximum absolute atomic E-state index is 12.4. The van der Waals surface area contributed by atoms with Crippen LogP contribution in [0.3, 0.4) is 0 Å². The van der Waals surface area contributed by atoms with E-state index >= 15 is 0 Å². The van der Waals surface area contributed by atoms with E-state index in [1.807, 2.05) is 0 Å². The van der Waals surface area contributed by atoms with Crippen LogP contribution in [0.2, 0.25) is 0 Å². The molecule has 0 bridgehead atoms. The topological polar surface area (TPSA) is 130 Å². The number of carbonyl (C=O) groups is 2. The Morgan fingerprint density at radius 1 is 1.32 bits per heavy atom. The van der Waals surface area contributed by atoms with Gasteiger partial charge in [0.2, 0.25) is 0 Å². The van der Waals surface area contributed by atoms with Crippen LogP contribution in [0, 0.1) is 10.1 Å². The predicted molar refractivity (Wildman–Crippen MR) is 96.2 cm³/mol. The summed E-state index contributed by atoms with van der Waals surface area (Å²) in [6.45, 7) is 3.43. The molecule has 2 aromatic rings. The van der Waals surface area contributed by atoms with Gasteiger partial charge < -0.3 is 23.9 Å². The second kappa shape index (κ2) is 9.40. The molecule has 10 nitrogen and oxygen atoms in total. The number of methoxy groups -OCH3 is 1. The highest BCUT2D eigenvalue weighted by Gasteiger charge is 2.28. The Kier molecular flexibility index (Phi) is 6.96. The van der Waals surface area contributed by atoms with E-state index < -0.39 is 28.6 Å². The lowest BCUT2D eigenvalue weighted by Crippen LogP contribution is -2.35. The monoisotopic (exact) mass is 392 g/mol. The minimum Gasteiger partial charge on any atom is -0.493 e. The van der Waals surface area contributed by atoms with Crippen LogP contribution in [0.5, 0.6) is 11.5 Å². The third-order valence-corrected chi connectivity index (χ3v) is 3.67. The quantitative estimate of drug-likeness (QED) is 0.391. The lowest BCUT2D eigenvalue weighted by Gasteiger charge is -2.14. The van der Waals surface area contributed by atoms with Gasteiger partial charge in [-0.3, -0.25) is 14.9 Å². The predicted octanol–water partition coefficient (Wildman–Crippen LogP) is 2.46. The molecule has 1 atom stereocenters. The number of furan rings is 1. The molecular weight excluding hydrogens is 372 g/mol. The molecule has 0 aliphatic carbocycles. The summed E-state index contributed by atoms with van der Waals surface area (Å²) in [6.07, 6.45) is 0.281. The molecule has 150 valence electrons. The first-order valence-electron chi connectivity index (χ1n) is 8.37. The van der Waals surface area contributed by atoms with Crippen molar-refractivity contribution in [2.45, 2.75) is 26.5 Å². The zero-order chi connectivity index (χ0) is 20.7. The number of hydrogen-bond donors (Lipinski definition) is 1. The minimum absolute atomic E-state index is 0.116. The van der Waals surface area contributed by atoms with Gasteiger partial charge in [-0.1, -0.05) is 0 Å². The first-order valence-corrected chi connectivity index (χ1v) is 8.37. The van der Waals surface area contributed by atoms with Crippen LogP contribution >= 0.6 is 0 Å². The van der Waals surface area contributed by atoms with Crippen LogP contribution in [-0.2, 0) is 16.1 Å². The summed E-state index contributed by atoms with van der Waals surface area (Å²) in [5, 5.41) is 13.9. The van der Waals surface area contributed by atoms with Gasteiger partial charge in [-0.05, 0) is 26.0 Å². The fraction of sp³-hybridized carbons (Fsp3) is 0.333. The molecule has 0 aliphatic rings. The number of nitro groups is 1. The van der Waals surface area contributed by atoms with Crippen LogP contribution in [0.4, 0.5) is 5.69 Å². The largest absolute Gasteiger partial charge is 0.493 e. The standard InChI is InChI=1S/C18H20N2O8/c1-4-26-16-9-14(20(23)24)13(8-15(16)25-3)18(22)28-11(2)17(21)19-10-12-6-5-7-27-12/h5-9,11H,4,10H2,1-3H3,(H,19,21)/t11-/m1/s1. The molecule has 10 heteroatoms. The maximum Gasteiger partial charge on any atom is 0.346 e. The molecule has 0 saturated carbocycles. The molecule has 0 unspecified atom stereocenters. The molecule has 1 N–H and O–H groups in total. The number of benzene rings is 1. The van der Waals surface area contributed by atoms with Gasteiger partial charge in [0.15, 0.2) is 17.6 Å². The summed E-state index contributed by atoms with van der Waals surface area (Å²) < 4.78 is 20.6. The molecular formula is C18H20N2O8. The van der Waals surface area contributed by atoms with Gasteiger partial charge in [0.05, 0.1) is 37.5 Å². The molecule has 1 heterocycles. The zero-order valence-electron chi connectivity index (χ0n) is 15.6. The van der Waals surface area contributed by atoms with Crippen molar-refractivity contribution in [3.63, 3.8) is 0 Å². The first-order chi connectivity index (χ1) is 13.4. The fourth-order valence-corrected chi connectivity index (χ4v) is 2.30. The van der Waals surface area contributed by atoms with E-state index in [4.69, 9.17) is 18.6 Å². The lowest BCUT2D eigenvalue weighted by atomic mass is 10.1. The van der Waals surface area contributed by atoms with Crippen molar-refractivity contribution in [3.8, 4) is 11.5 Å². The Bertz CT molecular complexity index is 848. The molecule has 1 aromatic carbocycles. The number of hydrogen-bond acceptors (Lipinski definition) is 8. The number of carbonyl (C=O) groups excluding carboxylic acids is 2. The fourth-order valence-electron chi connectivity index (χ4n) is 2.30. The number of nitrogens with one attached hydrogen (secondary N) is 1. The summed E-state index contributed by atoms with van der Waals surface area (Å²) in [7, 11) is 1.34. The van der Waals surface area contributed by atoms with Crippen LogP contribution in [-0.4, -0.2) is 36.6 Å².